The van der Waals surface area contributed by atoms with Gasteiger partial charge in [0.2, 0.25) is 5.91 Å². The maximum atomic E-state index is 12.6. The lowest BCUT2D eigenvalue weighted by molar-refractivity contribution is -0.130. The third-order valence-electron chi connectivity index (χ3n) is 3.84. The Morgan fingerprint density at radius 2 is 1.60 bits per heavy atom. The monoisotopic (exact) mass is 362 g/mol. The Kier molecular flexibility index (Phi) is 10.6. The first-order valence-corrected chi connectivity index (χ1v) is 8.35. The highest BCUT2D eigenvalue weighted by Gasteiger charge is 2.13. The molecular formula is C20H27ClN2O2. The van der Waals surface area contributed by atoms with Crippen LogP contribution in [0, 0.1) is 0 Å². The molecule has 0 saturated heterocycles. The number of nitrogens with zero attached hydrogens (tertiary/aromatic N) is 1. The predicted octanol–water partition coefficient (Wildman–Crippen LogP) is 2.92. The molecule has 0 aromatic heterocycles. The lowest BCUT2D eigenvalue weighted by atomic mass is 10.1. The molecule has 0 fully saturated rings. The van der Waals surface area contributed by atoms with Crippen LogP contribution in [-0.2, 0) is 22.5 Å². The van der Waals surface area contributed by atoms with Crippen LogP contribution in [0.4, 0.5) is 0 Å². The van der Waals surface area contributed by atoms with Crippen molar-refractivity contribution in [3.8, 4) is 0 Å². The third-order valence-corrected chi connectivity index (χ3v) is 3.84. The molecule has 1 amide bonds. The molecule has 25 heavy (non-hydrogen) atoms. The number of halogens is 1. The van der Waals surface area contributed by atoms with Crippen molar-refractivity contribution in [2.75, 3.05) is 33.4 Å². The van der Waals surface area contributed by atoms with Crippen LogP contribution >= 0.6 is 12.4 Å². The number of carbonyl (C=O) groups excluding carboxylic acids is 1. The van der Waals surface area contributed by atoms with Crippen LogP contribution < -0.4 is 5.32 Å². The van der Waals surface area contributed by atoms with Crippen LogP contribution in [0.5, 0.6) is 0 Å². The van der Waals surface area contributed by atoms with E-state index >= 15 is 0 Å². The van der Waals surface area contributed by atoms with E-state index in [2.05, 4.69) is 29.6 Å². The number of hydrogen-bond donors (Lipinski definition) is 1. The molecule has 0 aliphatic carbocycles. The summed E-state index contributed by atoms with van der Waals surface area (Å²) < 4.78 is 5.00. The van der Waals surface area contributed by atoms with Crippen molar-refractivity contribution in [1.29, 1.82) is 0 Å². The van der Waals surface area contributed by atoms with Crippen LogP contribution in [0.3, 0.4) is 0 Å². The minimum atomic E-state index is 0. The van der Waals surface area contributed by atoms with Crippen molar-refractivity contribution in [3.63, 3.8) is 0 Å². The fraction of sp³-hybridized carbons (Fsp3) is 0.350. The number of ether oxygens (including phenoxy) is 1. The van der Waals surface area contributed by atoms with Crippen LogP contribution in [0.1, 0.15) is 11.1 Å². The van der Waals surface area contributed by atoms with Gasteiger partial charge in [0.25, 0.3) is 0 Å². The Morgan fingerprint density at radius 1 is 1.00 bits per heavy atom. The minimum Gasteiger partial charge on any atom is -0.383 e. The van der Waals surface area contributed by atoms with Crippen molar-refractivity contribution >= 4 is 18.3 Å². The lowest BCUT2D eigenvalue weighted by Gasteiger charge is -2.23. The lowest BCUT2D eigenvalue weighted by Crippen LogP contribution is -2.39. The van der Waals surface area contributed by atoms with E-state index < -0.39 is 0 Å². The largest absolute Gasteiger partial charge is 0.383 e. The van der Waals surface area contributed by atoms with Gasteiger partial charge in [-0.1, -0.05) is 60.7 Å². The zero-order valence-corrected chi connectivity index (χ0v) is 15.5. The van der Waals surface area contributed by atoms with E-state index in [9.17, 15) is 4.79 Å². The van der Waals surface area contributed by atoms with Crippen molar-refractivity contribution in [2.24, 2.45) is 0 Å². The van der Waals surface area contributed by atoms with Crippen molar-refractivity contribution in [1.82, 2.24) is 10.2 Å². The van der Waals surface area contributed by atoms with E-state index in [4.69, 9.17) is 4.74 Å². The van der Waals surface area contributed by atoms with E-state index in [-0.39, 0.29) is 18.3 Å². The Labute approximate surface area is 156 Å². The molecule has 2 aromatic carbocycles. The van der Waals surface area contributed by atoms with Crippen molar-refractivity contribution in [2.45, 2.75) is 13.0 Å². The van der Waals surface area contributed by atoms with Gasteiger partial charge in [-0.05, 0) is 17.5 Å². The van der Waals surface area contributed by atoms with Crippen LogP contribution in [0.25, 0.3) is 0 Å². The number of rotatable bonds is 10. The Balaban J connectivity index is 0.00000312. The molecule has 0 spiro atoms. The highest BCUT2D eigenvalue weighted by atomic mass is 35.5. The number of amides is 1. The number of hydrogen-bond acceptors (Lipinski definition) is 3. The van der Waals surface area contributed by atoms with Crippen LogP contribution in [-0.4, -0.2) is 44.2 Å². The number of carbonyl (C=O) groups is 1. The maximum Gasteiger partial charge on any atom is 0.236 e. The first-order valence-electron chi connectivity index (χ1n) is 8.35. The summed E-state index contributed by atoms with van der Waals surface area (Å²) in [6.45, 7) is 2.98. The summed E-state index contributed by atoms with van der Waals surface area (Å²) in [5, 5.41) is 3.13. The highest BCUT2D eigenvalue weighted by Crippen LogP contribution is 2.07. The van der Waals surface area contributed by atoms with Gasteiger partial charge in [0.1, 0.15) is 0 Å². The molecule has 0 saturated carbocycles. The molecule has 0 unspecified atom stereocenters. The number of benzene rings is 2. The summed E-state index contributed by atoms with van der Waals surface area (Å²) in [4.78, 5) is 14.5. The molecule has 136 valence electrons. The van der Waals surface area contributed by atoms with E-state index in [0.717, 1.165) is 12.0 Å². The molecule has 0 aliphatic heterocycles. The predicted molar refractivity (Wildman–Crippen MR) is 104 cm³/mol. The van der Waals surface area contributed by atoms with Crippen molar-refractivity contribution in [3.05, 3.63) is 71.8 Å². The van der Waals surface area contributed by atoms with Gasteiger partial charge < -0.3 is 15.0 Å². The summed E-state index contributed by atoms with van der Waals surface area (Å²) >= 11 is 0. The van der Waals surface area contributed by atoms with Crippen LogP contribution in [0.2, 0.25) is 0 Å². The van der Waals surface area contributed by atoms with Gasteiger partial charge in [-0.25, -0.2) is 0 Å². The second-order valence-corrected chi connectivity index (χ2v) is 5.71. The van der Waals surface area contributed by atoms with Crippen molar-refractivity contribution < 1.29 is 9.53 Å². The fourth-order valence-electron chi connectivity index (χ4n) is 2.49. The fourth-order valence-corrected chi connectivity index (χ4v) is 2.49. The second kappa shape index (κ2) is 12.5. The van der Waals surface area contributed by atoms with Crippen LogP contribution in [0.15, 0.2) is 60.7 Å². The SMILES string of the molecule is COCCNCC(=O)N(CCc1ccccc1)Cc1ccccc1.Cl. The normalized spacial score (nSPS) is 10.1. The second-order valence-electron chi connectivity index (χ2n) is 5.71. The summed E-state index contributed by atoms with van der Waals surface area (Å²) in [6.07, 6.45) is 0.859. The van der Waals surface area contributed by atoms with E-state index in [0.29, 0.717) is 32.8 Å². The Hall–Kier alpha value is -1.88. The van der Waals surface area contributed by atoms with E-state index in [1.807, 2.05) is 41.3 Å². The number of methoxy groups -OCH3 is 1. The van der Waals surface area contributed by atoms with E-state index in [1.54, 1.807) is 7.11 Å². The van der Waals surface area contributed by atoms with Gasteiger partial charge >= 0.3 is 0 Å². The first kappa shape index (κ1) is 21.2. The summed E-state index contributed by atoms with van der Waals surface area (Å²) in [5.41, 5.74) is 2.39. The average molecular weight is 363 g/mol. The van der Waals surface area contributed by atoms with Gasteiger partial charge in [-0.15, -0.1) is 12.4 Å². The molecule has 0 radical (unpaired) electrons. The zero-order chi connectivity index (χ0) is 17.0. The van der Waals surface area contributed by atoms with E-state index in [1.165, 1.54) is 5.56 Å². The molecule has 0 aliphatic rings. The smallest absolute Gasteiger partial charge is 0.236 e. The molecule has 2 rings (SSSR count). The quantitative estimate of drug-likeness (QED) is 0.661. The zero-order valence-electron chi connectivity index (χ0n) is 14.7. The number of nitrogens with one attached hydrogen (secondary N) is 1. The Bertz CT molecular complexity index is 593. The van der Waals surface area contributed by atoms with Gasteiger partial charge in [-0.2, -0.15) is 0 Å². The summed E-state index contributed by atoms with van der Waals surface area (Å²) in [5.74, 6) is 0.117. The molecule has 4 nitrogen and oxygen atoms in total. The molecule has 0 atom stereocenters. The van der Waals surface area contributed by atoms with Gasteiger partial charge in [-0.3, -0.25) is 4.79 Å². The summed E-state index contributed by atoms with van der Waals surface area (Å²) in [6, 6.07) is 20.4. The Morgan fingerprint density at radius 3 is 2.20 bits per heavy atom. The maximum absolute atomic E-state index is 12.6. The standard InChI is InChI=1S/C20H26N2O2.ClH/c1-24-15-13-21-16-20(23)22(17-19-10-6-3-7-11-19)14-12-18-8-4-2-5-9-18;/h2-11,21H,12-17H2,1H3;1H. The van der Waals surface area contributed by atoms with Gasteiger partial charge in [0.15, 0.2) is 0 Å². The molecule has 0 bridgehead atoms. The summed E-state index contributed by atoms with van der Waals surface area (Å²) in [7, 11) is 1.66. The molecule has 5 heteroatoms. The molecule has 2 aromatic rings. The molecular weight excluding hydrogens is 336 g/mol. The average Bonchev–Trinajstić information content (AvgIpc) is 2.64. The highest BCUT2D eigenvalue weighted by molar-refractivity contribution is 5.85. The third kappa shape index (κ3) is 8.16. The topological polar surface area (TPSA) is 41.6 Å². The minimum absolute atomic E-state index is 0. The van der Waals surface area contributed by atoms with Gasteiger partial charge in [0, 0.05) is 26.7 Å². The first-order chi connectivity index (χ1) is 11.8. The molecule has 1 N–H and O–H groups in total. The molecule has 0 heterocycles. The van der Waals surface area contributed by atoms with Gasteiger partial charge in [0.05, 0.1) is 13.2 Å².